The molecule has 0 radical (unpaired) electrons. The van der Waals surface area contributed by atoms with E-state index < -0.39 is 0 Å². The van der Waals surface area contributed by atoms with Crippen LogP contribution in [0.3, 0.4) is 0 Å². The molecule has 6 heteroatoms. The van der Waals surface area contributed by atoms with E-state index in [1.54, 1.807) is 13.0 Å². The molecule has 0 aliphatic carbocycles. The Morgan fingerprint density at radius 1 is 1.50 bits per heavy atom. The van der Waals surface area contributed by atoms with Crippen molar-refractivity contribution in [3.63, 3.8) is 0 Å². The number of hydrogen-bond acceptors (Lipinski definition) is 4. The number of benzene rings is 1. The first-order valence-electron chi connectivity index (χ1n) is 4.63. The van der Waals surface area contributed by atoms with E-state index in [2.05, 4.69) is 31.4 Å². The topological polar surface area (TPSA) is 51.0 Å². The van der Waals surface area contributed by atoms with E-state index >= 15 is 0 Å². The summed E-state index contributed by atoms with van der Waals surface area (Å²) in [4.78, 5) is 4.04. The molecule has 16 heavy (non-hydrogen) atoms. The second-order valence-corrected chi connectivity index (χ2v) is 4.06. The van der Waals surface area contributed by atoms with Gasteiger partial charge in [-0.05, 0) is 34.1 Å². The maximum atomic E-state index is 12.8. The van der Waals surface area contributed by atoms with Crippen molar-refractivity contribution in [3.05, 3.63) is 40.2 Å². The van der Waals surface area contributed by atoms with E-state index in [1.807, 2.05) is 0 Å². The number of nitrogens with one attached hydrogen (secondary N) is 1. The lowest BCUT2D eigenvalue weighted by Gasteiger charge is -2.05. The molecule has 0 aliphatic heterocycles. The SMILES string of the molecule is Cc1nc(CNc2ccc(F)cc2Br)no1. The zero-order valence-corrected chi connectivity index (χ0v) is 10.1. The van der Waals surface area contributed by atoms with Gasteiger partial charge in [-0.25, -0.2) is 4.39 Å². The van der Waals surface area contributed by atoms with Crippen LogP contribution in [0.5, 0.6) is 0 Å². The Bertz CT molecular complexity index is 501. The van der Waals surface area contributed by atoms with Crippen molar-refractivity contribution in [1.29, 1.82) is 0 Å². The normalized spacial score (nSPS) is 10.4. The summed E-state index contributed by atoms with van der Waals surface area (Å²) in [6.45, 7) is 2.16. The summed E-state index contributed by atoms with van der Waals surface area (Å²) >= 11 is 3.26. The average Bonchev–Trinajstić information content (AvgIpc) is 2.63. The fourth-order valence-corrected chi connectivity index (χ4v) is 1.71. The second kappa shape index (κ2) is 4.61. The second-order valence-electron chi connectivity index (χ2n) is 3.21. The van der Waals surface area contributed by atoms with Crippen LogP contribution in [-0.4, -0.2) is 10.1 Å². The average molecular weight is 286 g/mol. The highest BCUT2D eigenvalue weighted by Gasteiger charge is 2.04. The maximum absolute atomic E-state index is 12.8. The van der Waals surface area contributed by atoms with Gasteiger partial charge in [0.2, 0.25) is 5.89 Å². The summed E-state index contributed by atoms with van der Waals surface area (Å²) in [6, 6.07) is 4.42. The molecule has 0 fully saturated rings. The van der Waals surface area contributed by atoms with E-state index in [-0.39, 0.29) is 5.82 Å². The maximum Gasteiger partial charge on any atom is 0.223 e. The minimum Gasteiger partial charge on any atom is -0.377 e. The predicted molar refractivity (Wildman–Crippen MR) is 60.5 cm³/mol. The molecule has 0 amide bonds. The smallest absolute Gasteiger partial charge is 0.223 e. The van der Waals surface area contributed by atoms with Gasteiger partial charge in [0.15, 0.2) is 5.82 Å². The van der Waals surface area contributed by atoms with Crippen molar-refractivity contribution in [2.24, 2.45) is 0 Å². The monoisotopic (exact) mass is 285 g/mol. The number of aromatic nitrogens is 2. The largest absolute Gasteiger partial charge is 0.377 e. The van der Waals surface area contributed by atoms with Crippen molar-refractivity contribution in [2.75, 3.05) is 5.32 Å². The molecule has 0 atom stereocenters. The van der Waals surface area contributed by atoms with Crippen molar-refractivity contribution in [3.8, 4) is 0 Å². The van der Waals surface area contributed by atoms with Crippen LogP contribution in [0.15, 0.2) is 27.2 Å². The third kappa shape index (κ3) is 2.57. The molecule has 2 aromatic rings. The van der Waals surface area contributed by atoms with Crippen LogP contribution in [0, 0.1) is 12.7 Å². The zero-order valence-electron chi connectivity index (χ0n) is 8.50. The van der Waals surface area contributed by atoms with Crippen molar-refractivity contribution in [1.82, 2.24) is 10.1 Å². The molecule has 0 spiro atoms. The molecule has 1 aromatic heterocycles. The van der Waals surface area contributed by atoms with Crippen LogP contribution in [0.4, 0.5) is 10.1 Å². The van der Waals surface area contributed by atoms with Gasteiger partial charge in [0.25, 0.3) is 0 Å². The molecule has 0 saturated carbocycles. The first-order valence-corrected chi connectivity index (χ1v) is 5.42. The molecule has 2 rings (SSSR count). The summed E-state index contributed by atoms with van der Waals surface area (Å²) < 4.78 is 18.3. The van der Waals surface area contributed by atoms with Crippen molar-refractivity contribution < 1.29 is 8.91 Å². The summed E-state index contributed by atoms with van der Waals surface area (Å²) in [5.41, 5.74) is 0.781. The van der Waals surface area contributed by atoms with Crippen LogP contribution in [0.25, 0.3) is 0 Å². The number of nitrogens with zero attached hydrogens (tertiary/aromatic N) is 2. The Kier molecular flexibility index (Phi) is 3.19. The number of aryl methyl sites for hydroxylation is 1. The standard InChI is InChI=1S/C10H9BrFN3O/c1-6-14-10(15-16-6)5-13-9-3-2-7(12)4-8(9)11/h2-4,13H,5H2,1H3. The Labute approximate surface area is 100.0 Å². The van der Waals surface area contributed by atoms with Gasteiger partial charge in [0, 0.05) is 17.1 Å². The van der Waals surface area contributed by atoms with E-state index in [9.17, 15) is 4.39 Å². The third-order valence-electron chi connectivity index (χ3n) is 1.94. The van der Waals surface area contributed by atoms with Crippen LogP contribution in [0.2, 0.25) is 0 Å². The van der Waals surface area contributed by atoms with E-state index in [0.29, 0.717) is 22.7 Å². The van der Waals surface area contributed by atoms with E-state index in [0.717, 1.165) is 5.69 Å². The van der Waals surface area contributed by atoms with Gasteiger partial charge in [-0.2, -0.15) is 4.98 Å². The van der Waals surface area contributed by atoms with Crippen LogP contribution >= 0.6 is 15.9 Å². The highest BCUT2D eigenvalue weighted by molar-refractivity contribution is 9.10. The zero-order chi connectivity index (χ0) is 11.5. The molecular weight excluding hydrogens is 277 g/mol. The van der Waals surface area contributed by atoms with E-state index in [4.69, 9.17) is 4.52 Å². The van der Waals surface area contributed by atoms with Crippen molar-refractivity contribution in [2.45, 2.75) is 13.5 Å². The lowest BCUT2D eigenvalue weighted by atomic mass is 10.3. The highest BCUT2D eigenvalue weighted by Crippen LogP contribution is 2.23. The predicted octanol–water partition coefficient (Wildman–Crippen LogP) is 2.89. The molecule has 0 unspecified atom stereocenters. The Morgan fingerprint density at radius 3 is 2.94 bits per heavy atom. The van der Waals surface area contributed by atoms with Gasteiger partial charge in [-0.1, -0.05) is 5.16 Å². The summed E-state index contributed by atoms with van der Waals surface area (Å²) in [5, 5.41) is 6.81. The minimum absolute atomic E-state index is 0.284. The summed E-state index contributed by atoms with van der Waals surface area (Å²) in [5.74, 6) is 0.802. The van der Waals surface area contributed by atoms with Crippen LogP contribution in [-0.2, 0) is 6.54 Å². The van der Waals surface area contributed by atoms with Gasteiger partial charge in [0.1, 0.15) is 5.82 Å². The van der Waals surface area contributed by atoms with Crippen LogP contribution < -0.4 is 5.32 Å². The Balaban J connectivity index is 2.04. The molecule has 1 heterocycles. The number of rotatable bonds is 3. The molecule has 0 aliphatic rings. The molecule has 1 N–H and O–H groups in total. The molecule has 4 nitrogen and oxygen atoms in total. The Morgan fingerprint density at radius 2 is 2.31 bits per heavy atom. The first-order chi connectivity index (χ1) is 7.65. The fraction of sp³-hybridized carbons (Fsp3) is 0.200. The number of hydrogen-bond donors (Lipinski definition) is 1. The van der Waals surface area contributed by atoms with Gasteiger partial charge < -0.3 is 9.84 Å². The molecule has 0 bridgehead atoms. The fourth-order valence-electron chi connectivity index (χ4n) is 1.22. The molecular formula is C10H9BrFN3O. The molecule has 0 saturated heterocycles. The summed E-state index contributed by atoms with van der Waals surface area (Å²) in [6.07, 6.45) is 0. The van der Waals surface area contributed by atoms with E-state index in [1.165, 1.54) is 12.1 Å². The van der Waals surface area contributed by atoms with Gasteiger partial charge in [-0.15, -0.1) is 0 Å². The van der Waals surface area contributed by atoms with Gasteiger partial charge in [0.05, 0.1) is 6.54 Å². The Hall–Kier alpha value is -1.43. The highest BCUT2D eigenvalue weighted by atomic mass is 79.9. The number of halogens is 2. The first kappa shape index (κ1) is 11.1. The minimum atomic E-state index is -0.284. The molecule has 84 valence electrons. The quantitative estimate of drug-likeness (QED) is 0.942. The third-order valence-corrected chi connectivity index (χ3v) is 2.59. The van der Waals surface area contributed by atoms with Gasteiger partial charge >= 0.3 is 0 Å². The van der Waals surface area contributed by atoms with Gasteiger partial charge in [-0.3, -0.25) is 0 Å². The van der Waals surface area contributed by atoms with Crippen molar-refractivity contribution >= 4 is 21.6 Å². The lowest BCUT2D eigenvalue weighted by Crippen LogP contribution is -2.01. The molecule has 1 aromatic carbocycles. The lowest BCUT2D eigenvalue weighted by molar-refractivity contribution is 0.388. The number of anilines is 1. The summed E-state index contributed by atoms with van der Waals surface area (Å²) in [7, 11) is 0. The van der Waals surface area contributed by atoms with Crippen LogP contribution in [0.1, 0.15) is 11.7 Å².